The van der Waals surface area contributed by atoms with Gasteiger partial charge in [-0.2, -0.15) is 0 Å². The van der Waals surface area contributed by atoms with Crippen molar-refractivity contribution in [3.8, 4) is 11.3 Å². The third kappa shape index (κ3) is 3.61. The number of furan rings is 1. The quantitative estimate of drug-likeness (QED) is 0.395. The van der Waals surface area contributed by atoms with Crippen molar-refractivity contribution in [3.05, 3.63) is 52.2 Å². The van der Waals surface area contributed by atoms with Gasteiger partial charge in [0.2, 0.25) is 0 Å². The summed E-state index contributed by atoms with van der Waals surface area (Å²) < 4.78 is 5.55. The van der Waals surface area contributed by atoms with Crippen LogP contribution >= 0.6 is 23.2 Å². The van der Waals surface area contributed by atoms with Crippen molar-refractivity contribution in [3.63, 3.8) is 0 Å². The first-order valence-electron chi connectivity index (χ1n) is 5.33. The van der Waals surface area contributed by atoms with Crippen LogP contribution < -0.4 is 11.3 Å². The molecule has 4 nitrogen and oxygen atoms in total. The number of carbonyl (C=O) groups excluding carboxylic acids is 1. The van der Waals surface area contributed by atoms with Crippen LogP contribution in [0.4, 0.5) is 0 Å². The first kappa shape index (κ1) is 13.7. The van der Waals surface area contributed by atoms with Gasteiger partial charge < -0.3 is 4.42 Å². The maximum atomic E-state index is 11.0. The Morgan fingerprint density at radius 1 is 1.21 bits per heavy atom. The largest absolute Gasteiger partial charge is 0.457 e. The molecule has 2 aromatic rings. The third-order valence-electron chi connectivity index (χ3n) is 2.32. The lowest BCUT2D eigenvalue weighted by atomic mass is 10.2. The van der Waals surface area contributed by atoms with Gasteiger partial charge in [-0.25, -0.2) is 5.84 Å². The molecule has 0 unspecified atom stereocenters. The standard InChI is InChI=1S/C13H10Cl2N2O2/c14-9-5-8(6-10(15)7-9)12-3-1-11(19-12)2-4-13(18)17-16/h1-7H,16H2,(H,17,18)/b4-2+. The van der Waals surface area contributed by atoms with Gasteiger partial charge in [-0.05, 0) is 36.4 Å². The first-order valence-corrected chi connectivity index (χ1v) is 6.09. The van der Waals surface area contributed by atoms with Gasteiger partial charge in [0.25, 0.3) is 5.91 Å². The monoisotopic (exact) mass is 296 g/mol. The Kier molecular flexibility index (Phi) is 4.27. The van der Waals surface area contributed by atoms with Crippen LogP contribution in [0.3, 0.4) is 0 Å². The Labute approximate surface area is 119 Å². The van der Waals surface area contributed by atoms with E-state index in [4.69, 9.17) is 33.5 Å². The molecule has 98 valence electrons. The van der Waals surface area contributed by atoms with Gasteiger partial charge in [-0.3, -0.25) is 10.2 Å². The lowest BCUT2D eigenvalue weighted by Gasteiger charge is -1.99. The average Bonchev–Trinajstić information content (AvgIpc) is 2.83. The lowest BCUT2D eigenvalue weighted by molar-refractivity contribution is -0.116. The zero-order valence-corrected chi connectivity index (χ0v) is 11.2. The van der Waals surface area contributed by atoms with Crippen molar-refractivity contribution in [2.24, 2.45) is 5.84 Å². The van der Waals surface area contributed by atoms with Crippen molar-refractivity contribution in [1.29, 1.82) is 0 Å². The van der Waals surface area contributed by atoms with E-state index in [1.165, 1.54) is 12.2 Å². The van der Waals surface area contributed by atoms with Crippen molar-refractivity contribution in [2.45, 2.75) is 0 Å². The molecule has 0 atom stereocenters. The zero-order valence-electron chi connectivity index (χ0n) is 9.69. The van der Waals surface area contributed by atoms with Crippen molar-refractivity contribution in [1.82, 2.24) is 5.43 Å². The summed E-state index contributed by atoms with van der Waals surface area (Å²) in [6.45, 7) is 0. The summed E-state index contributed by atoms with van der Waals surface area (Å²) in [6.07, 6.45) is 2.78. The van der Waals surface area contributed by atoms with Gasteiger partial charge >= 0.3 is 0 Å². The predicted molar refractivity (Wildman–Crippen MR) is 75.5 cm³/mol. The van der Waals surface area contributed by atoms with Gasteiger partial charge in [-0.15, -0.1) is 0 Å². The number of hydrazine groups is 1. The number of hydrogen-bond donors (Lipinski definition) is 2. The second-order valence-corrected chi connectivity index (χ2v) is 4.57. The molecule has 0 aliphatic heterocycles. The highest BCUT2D eigenvalue weighted by Crippen LogP contribution is 2.28. The van der Waals surface area contributed by atoms with E-state index in [0.29, 0.717) is 21.6 Å². The fraction of sp³-hybridized carbons (Fsp3) is 0. The van der Waals surface area contributed by atoms with E-state index in [9.17, 15) is 4.79 Å². The van der Waals surface area contributed by atoms with Crippen LogP contribution in [0.25, 0.3) is 17.4 Å². The minimum atomic E-state index is -0.413. The fourth-order valence-electron chi connectivity index (χ4n) is 1.50. The smallest absolute Gasteiger partial charge is 0.258 e. The Morgan fingerprint density at radius 3 is 2.53 bits per heavy atom. The van der Waals surface area contributed by atoms with E-state index in [0.717, 1.165) is 5.56 Å². The molecule has 19 heavy (non-hydrogen) atoms. The number of amides is 1. The Morgan fingerprint density at radius 2 is 1.89 bits per heavy atom. The molecular weight excluding hydrogens is 287 g/mol. The van der Waals surface area contributed by atoms with E-state index in [1.54, 1.807) is 30.3 Å². The fourth-order valence-corrected chi connectivity index (χ4v) is 2.03. The Bertz CT molecular complexity index is 615. The molecule has 6 heteroatoms. The van der Waals surface area contributed by atoms with E-state index in [-0.39, 0.29) is 0 Å². The van der Waals surface area contributed by atoms with Crippen LogP contribution in [0.2, 0.25) is 10.0 Å². The summed E-state index contributed by atoms with van der Waals surface area (Å²) in [5.74, 6) is 5.67. The molecule has 1 heterocycles. The summed E-state index contributed by atoms with van der Waals surface area (Å²) in [6, 6.07) is 8.62. The summed E-state index contributed by atoms with van der Waals surface area (Å²) in [5.41, 5.74) is 2.75. The number of benzene rings is 1. The number of carbonyl (C=O) groups is 1. The van der Waals surface area contributed by atoms with Gasteiger partial charge in [-0.1, -0.05) is 23.2 Å². The number of hydrogen-bond acceptors (Lipinski definition) is 3. The normalized spacial score (nSPS) is 10.9. The third-order valence-corrected chi connectivity index (χ3v) is 2.75. The molecule has 0 aliphatic carbocycles. The molecule has 1 amide bonds. The Hall–Kier alpha value is -1.75. The molecule has 1 aromatic carbocycles. The molecule has 0 aliphatic rings. The van der Waals surface area contributed by atoms with Crippen molar-refractivity contribution < 1.29 is 9.21 Å². The summed E-state index contributed by atoms with van der Waals surface area (Å²) in [7, 11) is 0. The number of rotatable bonds is 3. The molecule has 0 bridgehead atoms. The van der Waals surface area contributed by atoms with Crippen LogP contribution in [0.1, 0.15) is 5.76 Å². The van der Waals surface area contributed by atoms with Gasteiger partial charge in [0.15, 0.2) is 0 Å². The Balaban J connectivity index is 2.25. The zero-order chi connectivity index (χ0) is 13.8. The molecule has 0 saturated carbocycles. The first-order chi connectivity index (χ1) is 9.08. The molecule has 0 saturated heterocycles. The van der Waals surface area contributed by atoms with E-state index < -0.39 is 5.91 Å². The molecule has 2 rings (SSSR count). The second kappa shape index (κ2) is 5.93. The molecule has 0 fully saturated rings. The predicted octanol–water partition coefficient (Wildman–Crippen LogP) is 3.26. The number of nitrogens with one attached hydrogen (secondary N) is 1. The summed E-state index contributed by atoms with van der Waals surface area (Å²) >= 11 is 11.8. The highest BCUT2D eigenvalue weighted by Gasteiger charge is 2.06. The van der Waals surface area contributed by atoms with E-state index in [2.05, 4.69) is 0 Å². The van der Waals surface area contributed by atoms with Crippen molar-refractivity contribution >= 4 is 35.2 Å². The summed E-state index contributed by atoms with van der Waals surface area (Å²) in [4.78, 5) is 11.0. The minimum Gasteiger partial charge on any atom is -0.457 e. The molecule has 0 radical (unpaired) electrons. The SMILES string of the molecule is NNC(=O)/C=C/c1ccc(-c2cc(Cl)cc(Cl)c2)o1. The van der Waals surface area contributed by atoms with E-state index >= 15 is 0 Å². The summed E-state index contributed by atoms with van der Waals surface area (Å²) in [5, 5.41) is 1.05. The maximum absolute atomic E-state index is 11.0. The van der Waals surface area contributed by atoms with Crippen molar-refractivity contribution in [2.75, 3.05) is 0 Å². The maximum Gasteiger partial charge on any atom is 0.258 e. The second-order valence-electron chi connectivity index (χ2n) is 3.70. The van der Waals surface area contributed by atoms with Crippen LogP contribution in [0.5, 0.6) is 0 Å². The van der Waals surface area contributed by atoms with Crippen LogP contribution in [-0.2, 0) is 4.79 Å². The molecule has 0 spiro atoms. The van der Waals surface area contributed by atoms with Crippen LogP contribution in [0, 0.1) is 0 Å². The van der Waals surface area contributed by atoms with Gasteiger partial charge in [0.1, 0.15) is 11.5 Å². The van der Waals surface area contributed by atoms with E-state index in [1.807, 2.05) is 5.43 Å². The van der Waals surface area contributed by atoms with Crippen LogP contribution in [0.15, 0.2) is 40.8 Å². The average molecular weight is 297 g/mol. The number of nitrogens with two attached hydrogens (primary N) is 1. The number of halogens is 2. The molecular formula is C13H10Cl2N2O2. The van der Waals surface area contributed by atoms with Gasteiger partial charge in [0.05, 0.1) is 0 Å². The van der Waals surface area contributed by atoms with Gasteiger partial charge in [0, 0.05) is 21.7 Å². The topological polar surface area (TPSA) is 68.3 Å². The lowest BCUT2D eigenvalue weighted by Crippen LogP contribution is -2.27. The highest BCUT2D eigenvalue weighted by molar-refractivity contribution is 6.35. The van der Waals surface area contributed by atoms with Crippen LogP contribution in [-0.4, -0.2) is 5.91 Å². The minimum absolute atomic E-state index is 0.413. The molecule has 1 aromatic heterocycles. The molecule has 3 N–H and O–H groups in total. The highest BCUT2D eigenvalue weighted by atomic mass is 35.5.